The topological polar surface area (TPSA) is 58.8 Å². The zero-order chi connectivity index (χ0) is 13.9. The Morgan fingerprint density at radius 1 is 1.05 bits per heavy atom. The van der Waals surface area contributed by atoms with Gasteiger partial charge in [0.05, 0.1) is 6.20 Å². The lowest BCUT2D eigenvalue weighted by Crippen LogP contribution is -1.93. The summed E-state index contributed by atoms with van der Waals surface area (Å²) < 4.78 is 6.66. The number of benzene rings is 2. The summed E-state index contributed by atoms with van der Waals surface area (Å²) in [4.78, 5) is 0. The summed E-state index contributed by atoms with van der Waals surface area (Å²) in [5, 5.41) is 18.7. The van der Waals surface area contributed by atoms with Gasteiger partial charge in [-0.3, -0.25) is 0 Å². The second-order valence-corrected chi connectivity index (χ2v) is 5.03. The first-order valence-electron chi connectivity index (χ1n) is 5.85. The highest BCUT2D eigenvalue weighted by molar-refractivity contribution is 9.10. The molecular formula is C15H8BrN3O. The molecule has 1 heterocycles. The van der Waals surface area contributed by atoms with Crippen molar-refractivity contribution in [2.75, 3.05) is 0 Å². The molecular weight excluding hydrogens is 318 g/mol. The summed E-state index contributed by atoms with van der Waals surface area (Å²) in [7, 11) is 0. The van der Waals surface area contributed by atoms with Crippen LogP contribution in [-0.2, 0) is 0 Å². The summed E-state index contributed by atoms with van der Waals surface area (Å²) >= 11 is 3.44. The first-order valence-corrected chi connectivity index (χ1v) is 6.64. The van der Waals surface area contributed by atoms with Crippen LogP contribution in [0.1, 0.15) is 5.56 Å². The van der Waals surface area contributed by atoms with Gasteiger partial charge in [0.2, 0.25) is 0 Å². The third kappa shape index (κ3) is 2.46. The first-order chi connectivity index (χ1) is 9.76. The van der Waals surface area contributed by atoms with Gasteiger partial charge >= 0.3 is 0 Å². The molecule has 0 unspecified atom stereocenters. The Hall–Kier alpha value is -2.45. The Kier molecular flexibility index (Phi) is 3.32. The normalized spacial score (nSPS) is 10.2. The van der Waals surface area contributed by atoms with E-state index in [0.717, 1.165) is 15.2 Å². The zero-order valence-corrected chi connectivity index (χ0v) is 11.8. The predicted octanol–water partition coefficient (Wildman–Crippen LogP) is 4.06. The van der Waals surface area contributed by atoms with Gasteiger partial charge in [0.15, 0.2) is 0 Å². The maximum absolute atomic E-state index is 9.00. The molecule has 0 bridgehead atoms. The van der Waals surface area contributed by atoms with Gasteiger partial charge in [-0.15, -0.1) is 5.10 Å². The Balaban J connectivity index is 1.99. The fraction of sp³-hybridized carbons (Fsp3) is 0. The van der Waals surface area contributed by atoms with Crippen molar-refractivity contribution < 1.29 is 4.74 Å². The molecule has 0 saturated heterocycles. The highest BCUT2D eigenvalue weighted by atomic mass is 79.9. The molecule has 3 rings (SSSR count). The van der Waals surface area contributed by atoms with Crippen molar-refractivity contribution in [1.82, 2.24) is 10.2 Å². The molecule has 0 saturated carbocycles. The van der Waals surface area contributed by atoms with E-state index in [-0.39, 0.29) is 5.88 Å². The van der Waals surface area contributed by atoms with E-state index in [2.05, 4.69) is 26.1 Å². The average Bonchev–Trinajstić information content (AvgIpc) is 2.48. The summed E-state index contributed by atoms with van der Waals surface area (Å²) in [6.45, 7) is 0. The Morgan fingerprint density at radius 3 is 2.70 bits per heavy atom. The average molecular weight is 326 g/mol. The second kappa shape index (κ2) is 5.27. The van der Waals surface area contributed by atoms with E-state index in [1.54, 1.807) is 6.07 Å². The molecule has 0 atom stereocenters. The van der Waals surface area contributed by atoms with E-state index in [0.29, 0.717) is 11.3 Å². The van der Waals surface area contributed by atoms with E-state index in [4.69, 9.17) is 10.00 Å². The van der Waals surface area contributed by atoms with Crippen molar-refractivity contribution in [3.63, 3.8) is 0 Å². The van der Waals surface area contributed by atoms with Gasteiger partial charge in [-0.1, -0.05) is 28.1 Å². The van der Waals surface area contributed by atoms with Crippen molar-refractivity contribution in [2.24, 2.45) is 0 Å². The SMILES string of the molecule is N#Cc1ccnnc1Oc1ccc2cc(Br)ccc2c1. The summed E-state index contributed by atoms with van der Waals surface area (Å²) in [5.74, 6) is 0.836. The fourth-order valence-corrected chi connectivity index (χ4v) is 2.23. The molecule has 0 fully saturated rings. The second-order valence-electron chi connectivity index (χ2n) is 4.12. The van der Waals surface area contributed by atoms with Gasteiger partial charge in [0.1, 0.15) is 17.4 Å². The molecule has 20 heavy (non-hydrogen) atoms. The van der Waals surface area contributed by atoms with Gasteiger partial charge in [-0.2, -0.15) is 10.4 Å². The van der Waals surface area contributed by atoms with E-state index in [1.807, 2.05) is 42.5 Å². The predicted molar refractivity (Wildman–Crippen MR) is 78.5 cm³/mol. The molecule has 1 aromatic heterocycles. The van der Waals surface area contributed by atoms with Crippen molar-refractivity contribution in [3.8, 4) is 17.7 Å². The van der Waals surface area contributed by atoms with Gasteiger partial charge in [0.25, 0.3) is 5.88 Å². The van der Waals surface area contributed by atoms with Crippen molar-refractivity contribution >= 4 is 26.7 Å². The number of fused-ring (bicyclic) bond motifs is 1. The number of halogens is 1. The van der Waals surface area contributed by atoms with Crippen LogP contribution >= 0.6 is 15.9 Å². The monoisotopic (exact) mass is 325 g/mol. The molecule has 3 aromatic rings. The Bertz CT molecular complexity index is 827. The summed E-state index contributed by atoms with van der Waals surface area (Å²) in [5.41, 5.74) is 0.357. The lowest BCUT2D eigenvalue weighted by atomic mass is 10.1. The van der Waals surface area contributed by atoms with Crippen LogP contribution in [0.15, 0.2) is 53.1 Å². The Morgan fingerprint density at radius 2 is 1.85 bits per heavy atom. The van der Waals surface area contributed by atoms with Crippen LogP contribution in [0.25, 0.3) is 10.8 Å². The van der Waals surface area contributed by atoms with Crippen molar-refractivity contribution in [3.05, 3.63) is 58.7 Å². The lowest BCUT2D eigenvalue weighted by molar-refractivity contribution is 0.454. The molecule has 0 amide bonds. The number of hydrogen-bond acceptors (Lipinski definition) is 4. The largest absolute Gasteiger partial charge is 0.437 e. The number of nitriles is 1. The van der Waals surface area contributed by atoms with E-state index >= 15 is 0 Å². The van der Waals surface area contributed by atoms with Crippen LogP contribution in [0.4, 0.5) is 0 Å². The summed E-state index contributed by atoms with van der Waals surface area (Å²) in [6.07, 6.45) is 1.46. The number of aromatic nitrogens is 2. The minimum absolute atomic E-state index is 0.214. The molecule has 96 valence electrons. The third-order valence-electron chi connectivity index (χ3n) is 2.80. The lowest BCUT2D eigenvalue weighted by Gasteiger charge is -2.06. The number of nitrogens with zero attached hydrogens (tertiary/aromatic N) is 3. The molecule has 0 aliphatic rings. The standard InChI is InChI=1S/C15H8BrN3O/c16-13-3-1-11-8-14(4-2-10(11)7-13)20-15-12(9-17)5-6-18-19-15/h1-8H. The zero-order valence-electron chi connectivity index (χ0n) is 10.2. The van der Waals surface area contributed by atoms with Gasteiger partial charge in [-0.05, 0) is 41.1 Å². The fourth-order valence-electron chi connectivity index (χ4n) is 1.85. The number of hydrogen-bond donors (Lipinski definition) is 0. The highest BCUT2D eigenvalue weighted by Crippen LogP contribution is 2.27. The smallest absolute Gasteiger partial charge is 0.256 e. The maximum atomic E-state index is 9.00. The van der Waals surface area contributed by atoms with E-state index in [9.17, 15) is 0 Å². The third-order valence-corrected chi connectivity index (χ3v) is 3.29. The molecule has 0 N–H and O–H groups in total. The van der Waals surface area contributed by atoms with Crippen LogP contribution in [0.3, 0.4) is 0 Å². The summed E-state index contributed by atoms with van der Waals surface area (Å²) in [6, 6.07) is 15.3. The highest BCUT2D eigenvalue weighted by Gasteiger charge is 2.06. The van der Waals surface area contributed by atoms with E-state index in [1.165, 1.54) is 6.20 Å². The molecule has 2 aromatic carbocycles. The Labute approximate surface area is 123 Å². The van der Waals surface area contributed by atoms with Crippen molar-refractivity contribution in [1.29, 1.82) is 5.26 Å². The molecule has 0 aliphatic carbocycles. The number of ether oxygens (including phenoxy) is 1. The molecule has 0 spiro atoms. The van der Waals surface area contributed by atoms with Crippen LogP contribution in [0.2, 0.25) is 0 Å². The van der Waals surface area contributed by atoms with Crippen LogP contribution in [0, 0.1) is 11.3 Å². The molecule has 0 aliphatic heterocycles. The first kappa shape index (κ1) is 12.6. The minimum Gasteiger partial charge on any atom is -0.437 e. The maximum Gasteiger partial charge on any atom is 0.256 e. The van der Waals surface area contributed by atoms with Crippen molar-refractivity contribution in [2.45, 2.75) is 0 Å². The van der Waals surface area contributed by atoms with Crippen LogP contribution in [0.5, 0.6) is 11.6 Å². The molecule has 4 nitrogen and oxygen atoms in total. The van der Waals surface area contributed by atoms with E-state index < -0.39 is 0 Å². The van der Waals surface area contributed by atoms with Gasteiger partial charge in [-0.25, -0.2) is 0 Å². The van der Waals surface area contributed by atoms with Crippen LogP contribution < -0.4 is 4.74 Å². The molecule has 0 radical (unpaired) electrons. The van der Waals surface area contributed by atoms with Gasteiger partial charge in [0, 0.05) is 4.47 Å². The van der Waals surface area contributed by atoms with Gasteiger partial charge < -0.3 is 4.74 Å². The van der Waals surface area contributed by atoms with Crippen LogP contribution in [-0.4, -0.2) is 10.2 Å². The molecule has 5 heteroatoms. The minimum atomic E-state index is 0.214. The number of rotatable bonds is 2. The quantitative estimate of drug-likeness (QED) is 0.713.